The molecule has 25 heavy (non-hydrogen) atoms. The Bertz CT molecular complexity index is 690. The lowest BCUT2D eigenvalue weighted by atomic mass is 9.84. The highest BCUT2D eigenvalue weighted by Gasteiger charge is 2.50. The molecule has 0 aromatic heterocycles. The van der Waals surface area contributed by atoms with E-state index in [0.717, 1.165) is 0 Å². The first-order valence-corrected chi connectivity index (χ1v) is 7.93. The van der Waals surface area contributed by atoms with E-state index in [-0.39, 0.29) is 43.6 Å². The maximum Gasteiger partial charge on any atom is 0.335 e. The Morgan fingerprint density at radius 3 is 2.72 bits per heavy atom. The van der Waals surface area contributed by atoms with Gasteiger partial charge in [0.2, 0.25) is 5.91 Å². The van der Waals surface area contributed by atoms with Crippen LogP contribution >= 0.6 is 0 Å². The van der Waals surface area contributed by atoms with Crippen molar-refractivity contribution in [2.45, 2.75) is 25.9 Å². The summed E-state index contributed by atoms with van der Waals surface area (Å²) in [5.74, 6) is -1.24. The average Bonchev–Trinajstić information content (AvgIpc) is 2.67. The van der Waals surface area contributed by atoms with E-state index in [9.17, 15) is 14.0 Å². The zero-order chi connectivity index (χ0) is 18.2. The topological polar surface area (TPSA) is 85.3 Å². The zero-order valence-electron chi connectivity index (χ0n) is 14.0. The SMILES string of the molecule is COCC1(C(=O)N2Cc3ccc(C(=O)O)cc3OC(F)C2C)COC1. The summed E-state index contributed by atoms with van der Waals surface area (Å²) in [6.45, 7) is 2.34. The number of benzene rings is 1. The van der Waals surface area contributed by atoms with Crippen molar-refractivity contribution in [3.05, 3.63) is 29.3 Å². The predicted molar refractivity (Wildman–Crippen MR) is 84.1 cm³/mol. The second-order valence-corrected chi connectivity index (χ2v) is 6.48. The molecule has 2 aliphatic rings. The molecule has 136 valence electrons. The van der Waals surface area contributed by atoms with Gasteiger partial charge in [-0.2, -0.15) is 4.39 Å². The lowest BCUT2D eigenvalue weighted by molar-refractivity contribution is -0.188. The van der Waals surface area contributed by atoms with E-state index in [1.807, 2.05) is 0 Å². The average molecular weight is 353 g/mol. The molecule has 2 aliphatic heterocycles. The molecular formula is C17H20FNO6. The Morgan fingerprint density at radius 2 is 2.16 bits per heavy atom. The van der Waals surface area contributed by atoms with Gasteiger partial charge in [0.15, 0.2) is 0 Å². The van der Waals surface area contributed by atoms with Crippen LogP contribution in [0.1, 0.15) is 22.8 Å². The van der Waals surface area contributed by atoms with Crippen LogP contribution < -0.4 is 4.74 Å². The third-order valence-corrected chi connectivity index (χ3v) is 4.66. The van der Waals surface area contributed by atoms with Crippen LogP contribution in [0.2, 0.25) is 0 Å². The van der Waals surface area contributed by atoms with Crippen LogP contribution in [-0.2, 0) is 20.8 Å². The van der Waals surface area contributed by atoms with Crippen molar-refractivity contribution in [3.63, 3.8) is 0 Å². The van der Waals surface area contributed by atoms with Crippen molar-refractivity contribution >= 4 is 11.9 Å². The summed E-state index contributed by atoms with van der Waals surface area (Å²) in [5.41, 5.74) is -0.256. The monoisotopic (exact) mass is 353 g/mol. The van der Waals surface area contributed by atoms with Crippen molar-refractivity contribution in [1.29, 1.82) is 0 Å². The number of amides is 1. The third-order valence-electron chi connectivity index (χ3n) is 4.66. The van der Waals surface area contributed by atoms with E-state index in [2.05, 4.69) is 0 Å². The molecule has 1 aromatic rings. The molecule has 1 N–H and O–H groups in total. The van der Waals surface area contributed by atoms with Crippen molar-refractivity contribution in [2.24, 2.45) is 5.41 Å². The van der Waals surface area contributed by atoms with E-state index in [0.29, 0.717) is 5.56 Å². The largest absolute Gasteiger partial charge is 0.478 e. The first kappa shape index (κ1) is 17.6. The highest BCUT2D eigenvalue weighted by molar-refractivity contribution is 5.88. The molecule has 1 fully saturated rings. The molecule has 7 nitrogen and oxygen atoms in total. The van der Waals surface area contributed by atoms with Crippen molar-refractivity contribution in [1.82, 2.24) is 4.90 Å². The summed E-state index contributed by atoms with van der Waals surface area (Å²) in [5, 5.41) is 9.08. The number of fused-ring (bicyclic) bond motifs is 1. The Kier molecular flexibility index (Phi) is 4.66. The van der Waals surface area contributed by atoms with E-state index < -0.39 is 23.8 Å². The molecule has 0 aliphatic carbocycles. The van der Waals surface area contributed by atoms with Crippen LogP contribution in [0.4, 0.5) is 4.39 Å². The number of carbonyl (C=O) groups is 2. The van der Waals surface area contributed by atoms with Crippen LogP contribution in [-0.4, -0.2) is 61.2 Å². The number of alkyl halides is 1. The summed E-state index contributed by atoms with van der Waals surface area (Å²) in [6.07, 6.45) is -1.77. The maximum atomic E-state index is 14.5. The molecule has 1 saturated heterocycles. The minimum absolute atomic E-state index is 0.00151. The van der Waals surface area contributed by atoms with Crippen LogP contribution in [0.5, 0.6) is 5.75 Å². The van der Waals surface area contributed by atoms with Crippen LogP contribution in [0, 0.1) is 5.41 Å². The number of nitrogens with zero attached hydrogens (tertiary/aromatic N) is 1. The number of carbonyl (C=O) groups excluding carboxylic acids is 1. The first-order chi connectivity index (χ1) is 11.9. The van der Waals surface area contributed by atoms with Crippen molar-refractivity contribution in [3.8, 4) is 5.75 Å². The fourth-order valence-electron chi connectivity index (χ4n) is 3.07. The lowest BCUT2D eigenvalue weighted by Crippen LogP contribution is -2.60. The molecule has 8 heteroatoms. The molecule has 0 radical (unpaired) electrons. The lowest BCUT2D eigenvalue weighted by Gasteiger charge is -2.43. The normalized spacial score (nSPS) is 24.5. The van der Waals surface area contributed by atoms with Gasteiger partial charge in [-0.15, -0.1) is 0 Å². The van der Waals surface area contributed by atoms with Gasteiger partial charge < -0.3 is 24.2 Å². The van der Waals surface area contributed by atoms with Crippen LogP contribution in [0.25, 0.3) is 0 Å². The molecule has 0 saturated carbocycles. The summed E-state index contributed by atoms with van der Waals surface area (Å²) < 4.78 is 30.1. The minimum atomic E-state index is -1.77. The number of hydrogen-bond acceptors (Lipinski definition) is 5. The van der Waals surface area contributed by atoms with Crippen LogP contribution in [0.3, 0.4) is 0 Å². The molecule has 2 unspecified atom stereocenters. The Balaban J connectivity index is 1.92. The van der Waals surface area contributed by atoms with Gasteiger partial charge in [-0.3, -0.25) is 4.79 Å². The number of carboxylic acids is 1. The molecule has 3 rings (SSSR count). The van der Waals surface area contributed by atoms with Gasteiger partial charge in [0, 0.05) is 19.2 Å². The Morgan fingerprint density at radius 1 is 1.44 bits per heavy atom. The smallest absolute Gasteiger partial charge is 0.335 e. The minimum Gasteiger partial charge on any atom is -0.478 e. The summed E-state index contributed by atoms with van der Waals surface area (Å²) in [4.78, 5) is 25.6. The number of aromatic carboxylic acids is 1. The number of carboxylic acid groups (broad SMARTS) is 1. The van der Waals surface area contributed by atoms with Gasteiger partial charge in [0.25, 0.3) is 6.36 Å². The molecule has 1 aromatic carbocycles. The molecule has 2 heterocycles. The summed E-state index contributed by atoms with van der Waals surface area (Å²) in [6, 6.07) is 3.41. The Labute approximate surface area is 144 Å². The third kappa shape index (κ3) is 3.07. The zero-order valence-corrected chi connectivity index (χ0v) is 14.0. The van der Waals surface area contributed by atoms with E-state index in [4.69, 9.17) is 19.3 Å². The highest BCUT2D eigenvalue weighted by atomic mass is 19.1. The highest BCUT2D eigenvalue weighted by Crippen LogP contribution is 2.35. The van der Waals surface area contributed by atoms with Gasteiger partial charge >= 0.3 is 5.97 Å². The second kappa shape index (κ2) is 6.61. The molecule has 0 bridgehead atoms. The van der Waals surface area contributed by atoms with Gasteiger partial charge in [-0.1, -0.05) is 6.07 Å². The van der Waals surface area contributed by atoms with Crippen LogP contribution in [0.15, 0.2) is 18.2 Å². The molecular weight excluding hydrogens is 333 g/mol. The Hall–Kier alpha value is -2.19. The fraction of sp³-hybridized carbons (Fsp3) is 0.529. The quantitative estimate of drug-likeness (QED) is 0.882. The second-order valence-electron chi connectivity index (χ2n) is 6.48. The predicted octanol–water partition coefficient (Wildman–Crippen LogP) is 1.45. The van der Waals surface area contributed by atoms with Crippen molar-refractivity contribution < 1.29 is 33.3 Å². The molecule has 1 amide bonds. The van der Waals surface area contributed by atoms with E-state index in [1.165, 1.54) is 24.1 Å². The number of halogens is 1. The summed E-state index contributed by atoms with van der Waals surface area (Å²) in [7, 11) is 1.50. The molecule has 2 atom stereocenters. The maximum absolute atomic E-state index is 14.5. The number of hydrogen-bond donors (Lipinski definition) is 1. The van der Waals surface area contributed by atoms with E-state index in [1.54, 1.807) is 13.0 Å². The number of rotatable bonds is 4. The standard InChI is InChI=1S/C17H20FNO6/c1-10-14(18)25-13-5-11(15(20)21)3-4-12(13)6-19(10)16(22)17(7-23-2)8-24-9-17/h3-5,10,14H,6-9H2,1-2H3,(H,20,21). The number of methoxy groups -OCH3 is 1. The number of ether oxygens (including phenoxy) is 3. The van der Waals surface area contributed by atoms with Gasteiger partial charge in [-0.25, -0.2) is 4.79 Å². The van der Waals surface area contributed by atoms with E-state index >= 15 is 0 Å². The summed E-state index contributed by atoms with van der Waals surface area (Å²) >= 11 is 0. The van der Waals surface area contributed by atoms with Gasteiger partial charge in [0.1, 0.15) is 11.2 Å². The molecule has 0 spiro atoms. The van der Waals surface area contributed by atoms with Crippen molar-refractivity contribution in [2.75, 3.05) is 26.9 Å². The van der Waals surface area contributed by atoms with Gasteiger partial charge in [0.05, 0.1) is 31.4 Å². The fourth-order valence-corrected chi connectivity index (χ4v) is 3.07. The first-order valence-electron chi connectivity index (χ1n) is 7.93. The van der Waals surface area contributed by atoms with Gasteiger partial charge in [-0.05, 0) is 19.1 Å².